The topological polar surface area (TPSA) is 57.7 Å². The lowest BCUT2D eigenvalue weighted by Gasteiger charge is -2.41. The van der Waals surface area contributed by atoms with E-state index in [1.165, 1.54) is 0 Å². The van der Waals surface area contributed by atoms with Gasteiger partial charge < -0.3 is 4.90 Å². The van der Waals surface area contributed by atoms with Gasteiger partial charge in [-0.1, -0.05) is 25.1 Å². The van der Waals surface area contributed by atoms with Gasteiger partial charge in [-0.2, -0.15) is 0 Å². The molecule has 1 aromatic carbocycles. The smallest absolute Gasteiger partial charge is 0.244 e. The van der Waals surface area contributed by atoms with Gasteiger partial charge in [-0.25, -0.2) is 8.42 Å². The quantitative estimate of drug-likeness (QED) is 0.829. The van der Waals surface area contributed by atoms with Crippen molar-refractivity contribution in [3.8, 4) is 0 Å². The first kappa shape index (κ1) is 14.5. The number of carbonyl (C=O) groups is 1. The molecular formula is C15H20N2O3S. The highest BCUT2D eigenvalue weighted by molar-refractivity contribution is 7.92. The third-order valence-corrected chi connectivity index (χ3v) is 6.59. The largest absolute Gasteiger partial charge is 0.311 e. The molecule has 0 unspecified atom stereocenters. The van der Waals surface area contributed by atoms with Crippen molar-refractivity contribution in [3.63, 3.8) is 0 Å². The van der Waals surface area contributed by atoms with Gasteiger partial charge in [0.25, 0.3) is 0 Å². The van der Waals surface area contributed by atoms with E-state index in [-0.39, 0.29) is 23.0 Å². The predicted octanol–water partition coefficient (Wildman–Crippen LogP) is 0.911. The van der Waals surface area contributed by atoms with Crippen LogP contribution >= 0.6 is 0 Å². The maximum atomic E-state index is 12.5. The van der Waals surface area contributed by atoms with E-state index in [1.807, 2.05) is 35.2 Å². The van der Waals surface area contributed by atoms with Gasteiger partial charge in [0.05, 0.1) is 11.3 Å². The molecule has 2 heterocycles. The van der Waals surface area contributed by atoms with Crippen LogP contribution in [0.15, 0.2) is 30.3 Å². The molecule has 1 amide bonds. The highest BCUT2D eigenvalue weighted by Gasteiger charge is 2.45. The molecule has 2 aliphatic heterocycles. The maximum absolute atomic E-state index is 12.5. The van der Waals surface area contributed by atoms with Crippen molar-refractivity contribution < 1.29 is 13.2 Å². The molecule has 114 valence electrons. The first-order chi connectivity index (χ1) is 10.0. The van der Waals surface area contributed by atoms with Crippen molar-refractivity contribution >= 4 is 21.4 Å². The van der Waals surface area contributed by atoms with Gasteiger partial charge in [0.1, 0.15) is 0 Å². The fourth-order valence-electron chi connectivity index (χ4n) is 3.05. The number of sulfone groups is 1. The van der Waals surface area contributed by atoms with Crippen LogP contribution in [0.25, 0.3) is 0 Å². The number of likely N-dealkylation sites (tertiary alicyclic amines) is 1. The average molecular weight is 308 g/mol. The van der Waals surface area contributed by atoms with Gasteiger partial charge in [0, 0.05) is 31.1 Å². The maximum Gasteiger partial charge on any atom is 0.244 e. The van der Waals surface area contributed by atoms with Crippen LogP contribution in [-0.2, 0) is 14.6 Å². The Bertz CT molecular complexity index is 624. The lowest BCUT2D eigenvalue weighted by Crippen LogP contribution is -2.60. The summed E-state index contributed by atoms with van der Waals surface area (Å²) in [5.74, 6) is 0.272. The molecule has 1 aromatic rings. The lowest BCUT2D eigenvalue weighted by molar-refractivity contribution is -0.122. The molecule has 3 rings (SSSR count). The summed E-state index contributed by atoms with van der Waals surface area (Å²) < 4.78 is 23.6. The Morgan fingerprint density at radius 3 is 2.48 bits per heavy atom. The van der Waals surface area contributed by atoms with Crippen LogP contribution in [-0.4, -0.2) is 55.9 Å². The minimum atomic E-state index is -2.97. The molecule has 21 heavy (non-hydrogen) atoms. The van der Waals surface area contributed by atoms with Gasteiger partial charge in [-0.3, -0.25) is 9.69 Å². The van der Waals surface area contributed by atoms with Crippen molar-refractivity contribution in [2.24, 2.45) is 0 Å². The molecular weight excluding hydrogens is 288 g/mol. The Labute approximate surface area is 125 Å². The van der Waals surface area contributed by atoms with Crippen molar-refractivity contribution in [2.75, 3.05) is 30.3 Å². The highest BCUT2D eigenvalue weighted by Crippen LogP contribution is 2.28. The summed E-state index contributed by atoms with van der Waals surface area (Å²) in [6.45, 7) is 3.37. The summed E-state index contributed by atoms with van der Waals surface area (Å²) in [5.41, 5.74) is 0.920. The molecule has 2 saturated heterocycles. The molecule has 5 nitrogen and oxygen atoms in total. The summed E-state index contributed by atoms with van der Waals surface area (Å²) in [5, 5.41) is -0.291. The van der Waals surface area contributed by atoms with Gasteiger partial charge in [-0.05, 0) is 18.6 Å². The second kappa shape index (κ2) is 5.42. The average Bonchev–Trinajstić information content (AvgIpc) is 2.80. The molecule has 0 aromatic heterocycles. The molecule has 0 radical (unpaired) electrons. The molecule has 6 heteroatoms. The van der Waals surface area contributed by atoms with E-state index in [0.29, 0.717) is 19.6 Å². The zero-order chi connectivity index (χ0) is 15.0. The Balaban J connectivity index is 1.64. The van der Waals surface area contributed by atoms with E-state index in [9.17, 15) is 13.2 Å². The van der Waals surface area contributed by atoms with E-state index < -0.39 is 9.84 Å². The number of benzene rings is 1. The highest BCUT2D eigenvalue weighted by atomic mass is 32.2. The van der Waals surface area contributed by atoms with Gasteiger partial charge in [-0.15, -0.1) is 0 Å². The summed E-state index contributed by atoms with van der Waals surface area (Å²) in [6.07, 6.45) is 0.770. The van der Waals surface area contributed by atoms with Crippen LogP contribution < -0.4 is 4.90 Å². The van der Waals surface area contributed by atoms with Crippen LogP contribution in [0.2, 0.25) is 0 Å². The fraction of sp³-hybridized carbons (Fsp3) is 0.533. The zero-order valence-electron chi connectivity index (χ0n) is 12.1. The molecule has 0 aliphatic carbocycles. The van der Waals surface area contributed by atoms with Crippen LogP contribution in [0, 0.1) is 0 Å². The molecule has 2 fully saturated rings. The summed E-state index contributed by atoms with van der Waals surface area (Å²) >= 11 is 0. The molecule has 0 spiro atoms. The summed E-state index contributed by atoms with van der Waals surface area (Å²) in [4.78, 5) is 16.3. The molecule has 0 bridgehead atoms. The molecule has 1 atom stereocenters. The third kappa shape index (κ3) is 2.58. The molecule has 0 saturated carbocycles. The Morgan fingerprint density at radius 1 is 1.19 bits per heavy atom. The van der Waals surface area contributed by atoms with E-state index >= 15 is 0 Å². The number of anilines is 1. The lowest BCUT2D eigenvalue weighted by atomic mass is 10.1. The van der Waals surface area contributed by atoms with E-state index in [0.717, 1.165) is 12.1 Å². The van der Waals surface area contributed by atoms with Crippen molar-refractivity contribution in [2.45, 2.75) is 24.6 Å². The summed E-state index contributed by atoms with van der Waals surface area (Å²) in [6, 6.07) is 9.47. The fourth-order valence-corrected chi connectivity index (χ4v) is 4.36. The third-order valence-electron chi connectivity index (χ3n) is 4.47. The minimum Gasteiger partial charge on any atom is -0.311 e. The number of amides is 1. The second-order valence-electron chi connectivity index (χ2n) is 5.66. The Morgan fingerprint density at radius 2 is 1.86 bits per heavy atom. The zero-order valence-corrected chi connectivity index (χ0v) is 12.9. The van der Waals surface area contributed by atoms with Gasteiger partial charge in [0.15, 0.2) is 9.84 Å². The predicted molar refractivity (Wildman–Crippen MR) is 82.0 cm³/mol. The number of para-hydroxylation sites is 1. The van der Waals surface area contributed by atoms with Crippen molar-refractivity contribution in [3.05, 3.63) is 30.3 Å². The number of carbonyl (C=O) groups excluding carboxylic acids is 1. The summed E-state index contributed by atoms with van der Waals surface area (Å²) in [7, 11) is -2.97. The van der Waals surface area contributed by atoms with Gasteiger partial charge in [0.2, 0.25) is 5.91 Å². The number of hydrogen-bond acceptors (Lipinski definition) is 4. The Kier molecular flexibility index (Phi) is 3.75. The Hall–Kier alpha value is -1.40. The number of hydrogen-bond donors (Lipinski definition) is 0. The number of nitrogens with zero attached hydrogens (tertiary/aromatic N) is 2. The van der Waals surface area contributed by atoms with Crippen molar-refractivity contribution in [1.29, 1.82) is 0 Å². The monoisotopic (exact) mass is 308 g/mol. The second-order valence-corrected chi connectivity index (χ2v) is 8.23. The van der Waals surface area contributed by atoms with Crippen LogP contribution in [0.5, 0.6) is 0 Å². The van der Waals surface area contributed by atoms with E-state index in [4.69, 9.17) is 0 Å². The first-order valence-corrected chi connectivity index (χ1v) is 9.06. The van der Waals surface area contributed by atoms with Crippen LogP contribution in [0.3, 0.4) is 0 Å². The minimum absolute atomic E-state index is 0.0912. The van der Waals surface area contributed by atoms with Crippen molar-refractivity contribution in [1.82, 2.24) is 4.90 Å². The van der Waals surface area contributed by atoms with Crippen LogP contribution in [0.4, 0.5) is 5.69 Å². The normalized spacial score (nSPS) is 24.3. The molecule has 0 N–H and O–H groups in total. The van der Waals surface area contributed by atoms with E-state index in [1.54, 1.807) is 11.8 Å². The van der Waals surface area contributed by atoms with E-state index in [2.05, 4.69) is 0 Å². The number of rotatable bonds is 4. The van der Waals surface area contributed by atoms with Crippen LogP contribution in [0.1, 0.15) is 13.3 Å². The SMILES string of the molecule is CCS(=O)(=O)C1CN([C@@H]2CCN(c3ccccc3)C2=O)C1. The van der Waals surface area contributed by atoms with Gasteiger partial charge >= 0.3 is 0 Å². The standard InChI is InChI=1S/C15H20N2O3S/c1-2-21(19,20)13-10-16(11-13)14-8-9-17(15(14)18)12-6-4-3-5-7-12/h3-7,13-14H,2,8-11H2,1H3/t14-/m1/s1. The first-order valence-electron chi connectivity index (χ1n) is 7.35. The molecule has 2 aliphatic rings.